The molecule has 184 valence electrons. The summed E-state index contributed by atoms with van der Waals surface area (Å²) in [6, 6.07) is 0. The molecule has 0 bridgehead atoms. The van der Waals surface area contributed by atoms with Gasteiger partial charge in [0.1, 0.15) is 0 Å². The Labute approximate surface area is 189 Å². The van der Waals surface area contributed by atoms with Crippen LogP contribution in [0.5, 0.6) is 0 Å². The van der Waals surface area contributed by atoms with E-state index < -0.39 is 31.2 Å². The minimum Gasteiger partial charge on any atom is -0.475 e. The van der Waals surface area contributed by atoms with Gasteiger partial charge in [-0.3, -0.25) is 13.8 Å². The first-order chi connectivity index (χ1) is 14.4. The Bertz CT molecular complexity index is 626. The van der Waals surface area contributed by atoms with E-state index in [9.17, 15) is 27.7 Å². The van der Waals surface area contributed by atoms with E-state index in [-0.39, 0.29) is 6.42 Å². The molecule has 0 saturated carbocycles. The highest BCUT2D eigenvalue weighted by Gasteiger charge is 2.67. The van der Waals surface area contributed by atoms with Crippen molar-refractivity contribution in [3.63, 3.8) is 0 Å². The lowest BCUT2D eigenvalue weighted by molar-refractivity contribution is -0.888. The van der Waals surface area contributed by atoms with Crippen LogP contribution in [0, 0.1) is 0 Å². The Hall–Kier alpha value is -0.990. The number of likely N-dealkylation sites (N-methyl/N-ethyl adjacent to an activating group) is 1. The zero-order chi connectivity index (χ0) is 24.0. The van der Waals surface area contributed by atoms with Crippen molar-refractivity contribution in [2.24, 2.45) is 0 Å². The molecule has 0 aliphatic rings. The summed E-state index contributed by atoms with van der Waals surface area (Å²) in [7, 11) is -1.28. The van der Waals surface area contributed by atoms with Crippen molar-refractivity contribution < 1.29 is 32.1 Å². The maximum Gasteiger partial charge on any atom is 0.393 e. The van der Waals surface area contributed by atoms with Crippen LogP contribution in [0.1, 0.15) is 110 Å². The van der Waals surface area contributed by atoms with E-state index in [1.165, 1.54) is 85.4 Å². The van der Waals surface area contributed by atoms with E-state index in [0.717, 1.165) is 25.7 Å². The summed E-state index contributed by atoms with van der Waals surface area (Å²) >= 11 is 0. The lowest BCUT2D eigenvalue weighted by Gasteiger charge is -2.38. The number of carboxylic acid groups (broad SMARTS) is 1. The fraction of sp³-hybridized carbons (Fsp3) is 0.913. The van der Waals surface area contributed by atoms with Crippen LogP contribution in [0.2, 0.25) is 0 Å². The molecule has 0 aliphatic heterocycles. The summed E-state index contributed by atoms with van der Waals surface area (Å²) in [5.41, 5.74) is 0. The third-order valence-electron chi connectivity index (χ3n) is 5.99. The van der Waals surface area contributed by atoms with Gasteiger partial charge in [-0.05, 0) is 6.42 Å². The maximum atomic E-state index is 12.6. The normalized spacial score (nSPS) is 14.4. The fourth-order valence-corrected chi connectivity index (χ4v) is 5.51. The summed E-state index contributed by atoms with van der Waals surface area (Å²) in [4.78, 5) is 21.5. The molecule has 0 aliphatic carbocycles. The van der Waals surface area contributed by atoms with Crippen molar-refractivity contribution in [2.75, 3.05) is 21.1 Å². The molecule has 2 N–H and O–H groups in total. The zero-order valence-corrected chi connectivity index (χ0v) is 21.0. The third-order valence-corrected chi connectivity index (χ3v) is 7.69. The highest BCUT2D eigenvalue weighted by molar-refractivity contribution is 7.88. The average Bonchev–Trinajstić information content (AvgIpc) is 2.62. The zero-order valence-electron chi connectivity index (χ0n) is 20.2. The Morgan fingerprint density at radius 3 is 1.29 bits per heavy atom. The number of aliphatic carboxylic acids is 1. The predicted octanol–water partition coefficient (Wildman–Crippen LogP) is 5.19. The molecule has 0 aromatic rings. The van der Waals surface area contributed by atoms with E-state index >= 15 is 0 Å². The third kappa shape index (κ3) is 10.00. The largest absolute Gasteiger partial charge is 0.475 e. The van der Waals surface area contributed by atoms with Gasteiger partial charge >= 0.3 is 21.0 Å². The summed E-state index contributed by atoms with van der Waals surface area (Å²) in [6.45, 7) is 2.24. The number of ketones is 1. The first-order valence-electron chi connectivity index (χ1n) is 12.0. The molecule has 0 rings (SSSR count). The van der Waals surface area contributed by atoms with Crippen LogP contribution in [0.4, 0.5) is 0 Å². The number of hydrogen-bond acceptors (Lipinski definition) is 4. The average molecular weight is 465 g/mol. The summed E-state index contributed by atoms with van der Waals surface area (Å²) in [5, 5.41) is 9.52. The molecule has 1 atom stereocenters. The lowest BCUT2D eigenvalue weighted by atomic mass is 10.0. The first-order valence-corrected chi connectivity index (χ1v) is 13.4. The van der Waals surface area contributed by atoms with Gasteiger partial charge in [0.25, 0.3) is 0 Å². The van der Waals surface area contributed by atoms with Gasteiger partial charge in [-0.1, -0.05) is 96.8 Å². The molecular formula is C23H46NO6S+. The van der Waals surface area contributed by atoms with Crippen LogP contribution in [0.3, 0.4) is 0 Å². The van der Waals surface area contributed by atoms with E-state index in [1.54, 1.807) is 0 Å². The monoisotopic (exact) mass is 464 g/mol. The fourth-order valence-electron chi connectivity index (χ4n) is 4.21. The standard InChI is InChI=1S/C23H45NO6S/c1-5-6-7-8-9-10-11-12-13-14-15-16-17-18-19-20-21(25)23(22(26)27,24(2,3)4)31(28,29)30/h5-20H2,1-4H3,(H-,26,27,28,29,30)/p+1. The second-order valence-corrected chi connectivity index (χ2v) is 11.1. The topological polar surface area (TPSA) is 109 Å². The summed E-state index contributed by atoms with van der Waals surface area (Å²) < 4.78 is 32.6. The Morgan fingerprint density at radius 1 is 0.710 bits per heavy atom. The number of nitrogens with zero attached hydrogens (tertiary/aromatic N) is 1. The van der Waals surface area contributed by atoms with Gasteiger partial charge in [-0.25, -0.2) is 4.79 Å². The number of carbonyl (C=O) groups is 2. The number of rotatable bonds is 20. The van der Waals surface area contributed by atoms with Crippen LogP contribution in [-0.2, 0) is 19.7 Å². The van der Waals surface area contributed by atoms with Gasteiger partial charge < -0.3 is 5.11 Å². The molecular weight excluding hydrogens is 418 g/mol. The van der Waals surface area contributed by atoms with Gasteiger partial charge in [-0.15, -0.1) is 0 Å². The second-order valence-electron chi connectivity index (χ2n) is 9.56. The van der Waals surface area contributed by atoms with Gasteiger partial charge in [0, 0.05) is 6.42 Å². The quantitative estimate of drug-likeness (QED) is 0.111. The minimum atomic E-state index is -5.13. The van der Waals surface area contributed by atoms with Crippen molar-refractivity contribution in [1.82, 2.24) is 0 Å². The molecule has 31 heavy (non-hydrogen) atoms. The number of unbranched alkanes of at least 4 members (excludes halogenated alkanes) is 14. The molecule has 0 spiro atoms. The summed E-state index contributed by atoms with van der Waals surface area (Å²) in [5.74, 6) is -2.81. The molecule has 0 saturated heterocycles. The van der Waals surface area contributed by atoms with Crippen LogP contribution in [0.25, 0.3) is 0 Å². The van der Waals surface area contributed by atoms with E-state index in [0.29, 0.717) is 6.42 Å². The molecule has 0 fully saturated rings. The van der Waals surface area contributed by atoms with E-state index in [1.807, 2.05) is 0 Å². The van der Waals surface area contributed by atoms with Crippen molar-refractivity contribution in [1.29, 1.82) is 0 Å². The molecule has 0 heterocycles. The molecule has 0 radical (unpaired) electrons. The van der Waals surface area contributed by atoms with Crippen LogP contribution < -0.4 is 0 Å². The molecule has 8 heteroatoms. The maximum absolute atomic E-state index is 12.6. The lowest BCUT2D eigenvalue weighted by Crippen LogP contribution is -2.70. The van der Waals surface area contributed by atoms with Crippen LogP contribution in [-0.4, -0.2) is 60.3 Å². The van der Waals surface area contributed by atoms with Crippen LogP contribution >= 0.6 is 0 Å². The number of hydrogen-bond donors (Lipinski definition) is 2. The minimum absolute atomic E-state index is 0.181. The second kappa shape index (κ2) is 15.0. The van der Waals surface area contributed by atoms with E-state index in [2.05, 4.69) is 6.92 Å². The molecule has 0 aromatic carbocycles. The van der Waals surface area contributed by atoms with Crippen molar-refractivity contribution in [2.45, 2.75) is 115 Å². The summed E-state index contributed by atoms with van der Waals surface area (Å²) in [6.07, 6.45) is 17.3. The Kier molecular flexibility index (Phi) is 14.5. The smallest absolute Gasteiger partial charge is 0.393 e. The van der Waals surface area contributed by atoms with E-state index in [4.69, 9.17) is 0 Å². The molecule has 7 nitrogen and oxygen atoms in total. The van der Waals surface area contributed by atoms with Crippen molar-refractivity contribution in [3.05, 3.63) is 0 Å². The highest BCUT2D eigenvalue weighted by atomic mass is 32.2. The van der Waals surface area contributed by atoms with Gasteiger partial charge in [0.15, 0.2) is 0 Å². The number of carboxylic acids is 1. The predicted molar refractivity (Wildman–Crippen MR) is 125 cm³/mol. The van der Waals surface area contributed by atoms with Crippen molar-refractivity contribution >= 4 is 21.9 Å². The number of carbonyl (C=O) groups excluding carboxylic acids is 1. The van der Waals surface area contributed by atoms with Gasteiger partial charge in [-0.2, -0.15) is 8.42 Å². The Morgan fingerprint density at radius 2 is 1.03 bits per heavy atom. The van der Waals surface area contributed by atoms with Crippen LogP contribution in [0.15, 0.2) is 0 Å². The molecule has 1 unspecified atom stereocenters. The number of Topliss-reactive ketones (excluding diaryl/α,β-unsaturated/α-hetero) is 1. The van der Waals surface area contributed by atoms with Crippen molar-refractivity contribution in [3.8, 4) is 0 Å². The van der Waals surface area contributed by atoms with Gasteiger partial charge in [0.05, 0.1) is 21.1 Å². The molecule has 0 amide bonds. The Balaban J connectivity index is 4.05. The van der Waals surface area contributed by atoms with Gasteiger partial charge in [0.2, 0.25) is 5.78 Å². The highest BCUT2D eigenvalue weighted by Crippen LogP contribution is 2.29. The molecule has 0 aromatic heterocycles. The SMILES string of the molecule is CCCCCCCCCCCCCCCCCC(=O)C(C(=O)O)([N+](C)(C)C)S(=O)(=O)O. The first kappa shape index (κ1) is 30.0. The number of quaternary nitrogens is 1.